The minimum atomic E-state index is -0.558. The molecule has 0 aliphatic carbocycles. The predicted octanol–water partition coefficient (Wildman–Crippen LogP) is -0.421. The van der Waals surface area contributed by atoms with Gasteiger partial charge in [-0.25, -0.2) is 0 Å². The van der Waals surface area contributed by atoms with E-state index in [1.165, 1.54) is 0 Å². The van der Waals surface area contributed by atoms with Gasteiger partial charge in [-0.05, 0) is 27.4 Å². The Bertz CT molecular complexity index is 217. The summed E-state index contributed by atoms with van der Waals surface area (Å²) >= 11 is 0. The van der Waals surface area contributed by atoms with Crippen LogP contribution in [-0.2, 0) is 9.59 Å². The van der Waals surface area contributed by atoms with Gasteiger partial charge in [-0.2, -0.15) is 0 Å². The van der Waals surface area contributed by atoms with Crippen LogP contribution in [-0.4, -0.2) is 49.9 Å². The lowest BCUT2D eigenvalue weighted by Crippen LogP contribution is -2.44. The highest BCUT2D eigenvalue weighted by atomic mass is 16.2. The van der Waals surface area contributed by atoms with E-state index < -0.39 is 11.8 Å². The third-order valence-corrected chi connectivity index (χ3v) is 2.04. The number of hydrogen-bond donors (Lipinski definition) is 2. The Labute approximate surface area is 91.2 Å². The van der Waals surface area contributed by atoms with Gasteiger partial charge in [-0.15, -0.1) is 0 Å². The first-order chi connectivity index (χ1) is 6.97. The molecule has 2 N–H and O–H groups in total. The number of carbonyl (C=O) groups excluding carboxylic acids is 2. The van der Waals surface area contributed by atoms with Gasteiger partial charge in [0.2, 0.25) is 0 Å². The zero-order valence-corrected chi connectivity index (χ0v) is 9.96. The lowest BCUT2D eigenvalue weighted by atomic mass is 10.2. The molecule has 2 amide bonds. The zero-order valence-electron chi connectivity index (χ0n) is 9.96. The van der Waals surface area contributed by atoms with Crippen molar-refractivity contribution < 1.29 is 9.59 Å². The van der Waals surface area contributed by atoms with Crippen LogP contribution >= 0.6 is 0 Å². The molecular formula is C10H21N3O2. The summed E-state index contributed by atoms with van der Waals surface area (Å²) in [6.07, 6.45) is 0.816. The summed E-state index contributed by atoms with van der Waals surface area (Å²) in [7, 11) is 3.82. The lowest BCUT2D eigenvalue weighted by molar-refractivity contribution is -0.139. The lowest BCUT2D eigenvalue weighted by Gasteiger charge is -2.12. The highest BCUT2D eigenvalue weighted by Gasteiger charge is 2.14. The number of rotatable bonds is 5. The molecule has 0 aromatic heterocycles. The van der Waals surface area contributed by atoms with E-state index in [1.807, 2.05) is 32.8 Å². The van der Waals surface area contributed by atoms with E-state index in [0.29, 0.717) is 6.54 Å². The molecule has 0 aromatic carbocycles. The monoisotopic (exact) mass is 215 g/mol. The van der Waals surface area contributed by atoms with Crippen LogP contribution in [0, 0.1) is 0 Å². The molecule has 15 heavy (non-hydrogen) atoms. The van der Waals surface area contributed by atoms with E-state index in [9.17, 15) is 9.59 Å². The fourth-order valence-corrected chi connectivity index (χ4v) is 0.865. The Balaban J connectivity index is 3.75. The molecule has 0 spiro atoms. The molecule has 88 valence electrons. The Morgan fingerprint density at radius 2 is 1.87 bits per heavy atom. The molecule has 0 saturated heterocycles. The van der Waals surface area contributed by atoms with Gasteiger partial charge in [0.1, 0.15) is 0 Å². The second-order valence-corrected chi connectivity index (χ2v) is 3.84. The van der Waals surface area contributed by atoms with Crippen LogP contribution in [0.2, 0.25) is 0 Å². The molecule has 0 fully saturated rings. The van der Waals surface area contributed by atoms with Gasteiger partial charge in [0.25, 0.3) is 0 Å². The summed E-state index contributed by atoms with van der Waals surface area (Å²) in [5.41, 5.74) is 0. The summed E-state index contributed by atoms with van der Waals surface area (Å²) in [5.74, 6) is -1.11. The average molecular weight is 215 g/mol. The molecule has 0 heterocycles. The second kappa shape index (κ2) is 7.23. The molecule has 0 aliphatic rings. The minimum Gasteiger partial charge on any atom is -0.347 e. The molecular weight excluding hydrogens is 194 g/mol. The van der Waals surface area contributed by atoms with Crippen molar-refractivity contribution in [2.45, 2.75) is 26.3 Å². The summed E-state index contributed by atoms with van der Waals surface area (Å²) in [5, 5.41) is 5.15. The first-order valence-corrected chi connectivity index (χ1v) is 5.20. The van der Waals surface area contributed by atoms with Crippen molar-refractivity contribution in [3.8, 4) is 0 Å². The summed E-state index contributed by atoms with van der Waals surface area (Å²) in [6, 6.07) is 0.0390. The van der Waals surface area contributed by atoms with Crippen LogP contribution in [0.3, 0.4) is 0 Å². The van der Waals surface area contributed by atoms with Crippen LogP contribution in [0.5, 0.6) is 0 Å². The van der Waals surface area contributed by atoms with Gasteiger partial charge in [-0.3, -0.25) is 9.59 Å². The largest absolute Gasteiger partial charge is 0.347 e. The molecule has 5 heteroatoms. The molecule has 0 bridgehead atoms. The molecule has 0 radical (unpaired) electrons. The highest BCUT2D eigenvalue weighted by molar-refractivity contribution is 6.35. The molecule has 0 aromatic rings. The van der Waals surface area contributed by atoms with Gasteiger partial charge in [0.05, 0.1) is 0 Å². The standard InChI is InChI=1S/C10H21N3O2/c1-5-8(2)12-10(15)9(14)11-6-7-13(3)4/h8H,5-7H2,1-4H3,(H,11,14)(H,12,15)/t8-/m1/s1. The fourth-order valence-electron chi connectivity index (χ4n) is 0.865. The molecule has 1 atom stereocenters. The third-order valence-electron chi connectivity index (χ3n) is 2.04. The molecule has 5 nitrogen and oxygen atoms in total. The normalized spacial score (nSPS) is 12.3. The van der Waals surface area contributed by atoms with Crippen LogP contribution < -0.4 is 10.6 Å². The Hall–Kier alpha value is -1.10. The van der Waals surface area contributed by atoms with E-state index >= 15 is 0 Å². The van der Waals surface area contributed by atoms with Crippen molar-refractivity contribution in [2.75, 3.05) is 27.2 Å². The summed E-state index contributed by atoms with van der Waals surface area (Å²) in [4.78, 5) is 24.4. The molecule has 0 rings (SSSR count). The average Bonchev–Trinajstić information content (AvgIpc) is 2.16. The topological polar surface area (TPSA) is 61.4 Å². The quantitative estimate of drug-likeness (QED) is 0.612. The van der Waals surface area contributed by atoms with Gasteiger partial charge in [0, 0.05) is 19.1 Å². The Morgan fingerprint density at radius 1 is 1.27 bits per heavy atom. The first kappa shape index (κ1) is 13.9. The van der Waals surface area contributed by atoms with E-state index in [-0.39, 0.29) is 6.04 Å². The zero-order chi connectivity index (χ0) is 11.8. The van der Waals surface area contributed by atoms with Gasteiger partial charge in [-0.1, -0.05) is 6.92 Å². The predicted molar refractivity (Wildman–Crippen MR) is 59.5 cm³/mol. The van der Waals surface area contributed by atoms with Gasteiger partial charge >= 0.3 is 11.8 Å². The van der Waals surface area contributed by atoms with Crippen LogP contribution in [0.25, 0.3) is 0 Å². The van der Waals surface area contributed by atoms with E-state index in [4.69, 9.17) is 0 Å². The Kier molecular flexibility index (Phi) is 6.70. The van der Waals surface area contributed by atoms with Crippen molar-refractivity contribution in [2.24, 2.45) is 0 Å². The maximum absolute atomic E-state index is 11.3. The summed E-state index contributed by atoms with van der Waals surface area (Å²) in [6.45, 7) is 5.03. The van der Waals surface area contributed by atoms with Gasteiger partial charge < -0.3 is 15.5 Å². The van der Waals surface area contributed by atoms with Crippen LogP contribution in [0.15, 0.2) is 0 Å². The van der Waals surface area contributed by atoms with E-state index in [2.05, 4.69) is 10.6 Å². The van der Waals surface area contributed by atoms with Crippen molar-refractivity contribution in [1.82, 2.24) is 15.5 Å². The molecule has 0 aliphatic heterocycles. The maximum atomic E-state index is 11.3. The van der Waals surface area contributed by atoms with Crippen LogP contribution in [0.4, 0.5) is 0 Å². The number of hydrogen-bond acceptors (Lipinski definition) is 3. The molecule has 0 unspecified atom stereocenters. The number of nitrogens with one attached hydrogen (secondary N) is 2. The Morgan fingerprint density at radius 3 is 2.33 bits per heavy atom. The van der Waals surface area contributed by atoms with Gasteiger partial charge in [0.15, 0.2) is 0 Å². The first-order valence-electron chi connectivity index (χ1n) is 5.20. The summed E-state index contributed by atoms with van der Waals surface area (Å²) < 4.78 is 0. The highest BCUT2D eigenvalue weighted by Crippen LogP contribution is 1.86. The molecule has 0 saturated carbocycles. The smallest absolute Gasteiger partial charge is 0.309 e. The second-order valence-electron chi connectivity index (χ2n) is 3.84. The van der Waals surface area contributed by atoms with E-state index in [0.717, 1.165) is 13.0 Å². The number of amides is 2. The fraction of sp³-hybridized carbons (Fsp3) is 0.800. The number of likely N-dealkylation sites (N-methyl/N-ethyl adjacent to an activating group) is 1. The number of nitrogens with zero attached hydrogens (tertiary/aromatic N) is 1. The van der Waals surface area contributed by atoms with Crippen molar-refractivity contribution in [3.63, 3.8) is 0 Å². The van der Waals surface area contributed by atoms with Crippen molar-refractivity contribution in [1.29, 1.82) is 0 Å². The number of carbonyl (C=O) groups is 2. The van der Waals surface area contributed by atoms with Crippen LogP contribution in [0.1, 0.15) is 20.3 Å². The van der Waals surface area contributed by atoms with Crippen molar-refractivity contribution >= 4 is 11.8 Å². The SMILES string of the molecule is CC[C@@H](C)NC(=O)C(=O)NCCN(C)C. The van der Waals surface area contributed by atoms with Crippen molar-refractivity contribution in [3.05, 3.63) is 0 Å². The van der Waals surface area contributed by atoms with E-state index in [1.54, 1.807) is 0 Å². The third kappa shape index (κ3) is 6.90. The minimum absolute atomic E-state index is 0.0390. The maximum Gasteiger partial charge on any atom is 0.309 e.